The van der Waals surface area contributed by atoms with Gasteiger partial charge >= 0.3 is 5.69 Å². The Balaban J connectivity index is 2.18. The summed E-state index contributed by atoms with van der Waals surface area (Å²) in [7, 11) is 1.75. The molecule has 0 aliphatic carbocycles. The topological polar surface area (TPSA) is 108 Å². The van der Waals surface area contributed by atoms with Gasteiger partial charge in [-0.15, -0.1) is 0 Å². The number of nitrogens with one attached hydrogen (secondary N) is 1. The van der Waals surface area contributed by atoms with Crippen LogP contribution in [0.25, 0.3) is 0 Å². The predicted molar refractivity (Wildman–Crippen MR) is 68.9 cm³/mol. The molecule has 0 radical (unpaired) electrons. The van der Waals surface area contributed by atoms with Crippen molar-refractivity contribution in [1.82, 2.24) is 24.9 Å². The molecule has 0 aliphatic heterocycles. The number of hydrogen-bond donors (Lipinski definition) is 1. The van der Waals surface area contributed by atoms with Crippen molar-refractivity contribution in [3.8, 4) is 0 Å². The van der Waals surface area contributed by atoms with Crippen LogP contribution in [0.1, 0.15) is 23.1 Å². The molecule has 1 amide bonds. The molecule has 0 aromatic carbocycles. The maximum Gasteiger partial charge on any atom is 0.320 e. The van der Waals surface area contributed by atoms with Gasteiger partial charge in [0.25, 0.3) is 5.91 Å². The highest BCUT2D eigenvalue weighted by atomic mass is 16.6. The van der Waals surface area contributed by atoms with Crippen molar-refractivity contribution in [2.45, 2.75) is 20.0 Å². The zero-order valence-corrected chi connectivity index (χ0v) is 11.1. The molecule has 0 bridgehead atoms. The fraction of sp³-hybridized carbons (Fsp3) is 0.364. The minimum Gasteiger partial charge on any atom is -0.345 e. The molecule has 9 heteroatoms. The number of carbonyl (C=O) groups excluding carboxylic acids is 1. The molecular formula is C11H14N6O3. The molecular weight excluding hydrogens is 264 g/mol. The number of aryl methyl sites for hydroxylation is 2. The van der Waals surface area contributed by atoms with Gasteiger partial charge in [0, 0.05) is 19.8 Å². The third-order valence-corrected chi connectivity index (χ3v) is 2.88. The van der Waals surface area contributed by atoms with E-state index in [9.17, 15) is 14.9 Å². The Bertz CT molecular complexity index is 644. The normalized spacial score (nSPS) is 10.5. The summed E-state index contributed by atoms with van der Waals surface area (Å²) in [6.45, 7) is 2.37. The average molecular weight is 278 g/mol. The van der Waals surface area contributed by atoms with E-state index in [1.807, 2.05) is 0 Å². The number of carbonyl (C=O) groups is 1. The van der Waals surface area contributed by atoms with E-state index < -0.39 is 10.8 Å². The summed E-state index contributed by atoms with van der Waals surface area (Å²) < 4.78 is 2.92. The Kier molecular flexibility index (Phi) is 3.78. The van der Waals surface area contributed by atoms with Crippen molar-refractivity contribution in [2.75, 3.05) is 0 Å². The smallest absolute Gasteiger partial charge is 0.320 e. The van der Waals surface area contributed by atoms with Gasteiger partial charge in [0.15, 0.2) is 0 Å². The van der Waals surface area contributed by atoms with Crippen LogP contribution in [0.3, 0.4) is 0 Å². The second-order valence-corrected chi connectivity index (χ2v) is 4.08. The molecule has 106 valence electrons. The van der Waals surface area contributed by atoms with Crippen LogP contribution in [-0.2, 0) is 20.1 Å². The van der Waals surface area contributed by atoms with E-state index in [0.29, 0.717) is 6.54 Å². The monoisotopic (exact) mass is 278 g/mol. The summed E-state index contributed by atoms with van der Waals surface area (Å²) in [4.78, 5) is 22.4. The first-order valence-corrected chi connectivity index (χ1v) is 5.99. The number of amides is 1. The lowest BCUT2D eigenvalue weighted by Gasteiger charge is -2.06. The maximum absolute atomic E-state index is 12.1. The Morgan fingerprint density at radius 2 is 2.25 bits per heavy atom. The first-order chi connectivity index (χ1) is 9.54. The Morgan fingerprint density at radius 1 is 1.50 bits per heavy atom. The lowest BCUT2D eigenvalue weighted by Crippen LogP contribution is -2.27. The molecule has 0 spiro atoms. The van der Waals surface area contributed by atoms with Crippen LogP contribution in [0.15, 0.2) is 18.5 Å². The van der Waals surface area contributed by atoms with Gasteiger partial charge in [0.05, 0.1) is 17.2 Å². The molecule has 9 nitrogen and oxygen atoms in total. The fourth-order valence-corrected chi connectivity index (χ4v) is 1.81. The van der Waals surface area contributed by atoms with Crippen LogP contribution in [0.5, 0.6) is 0 Å². The number of hydrogen-bond acceptors (Lipinski definition) is 5. The fourth-order valence-electron chi connectivity index (χ4n) is 1.81. The molecule has 1 N–H and O–H groups in total. The Labute approximate surface area is 114 Å². The van der Waals surface area contributed by atoms with Crippen molar-refractivity contribution in [3.63, 3.8) is 0 Å². The SMILES string of the molecule is CCn1ncc([N+](=O)[O-])c1C(=O)NCc1ccnn1C. The Morgan fingerprint density at radius 3 is 2.80 bits per heavy atom. The largest absolute Gasteiger partial charge is 0.345 e. The zero-order chi connectivity index (χ0) is 14.7. The zero-order valence-electron chi connectivity index (χ0n) is 11.1. The van der Waals surface area contributed by atoms with Crippen LogP contribution >= 0.6 is 0 Å². The summed E-state index contributed by atoms with van der Waals surface area (Å²) in [5, 5.41) is 21.3. The van der Waals surface area contributed by atoms with E-state index in [1.165, 1.54) is 4.68 Å². The molecule has 0 saturated heterocycles. The molecule has 2 rings (SSSR count). The van der Waals surface area contributed by atoms with Crippen molar-refractivity contribution in [3.05, 3.63) is 40.0 Å². The minimum absolute atomic E-state index is 0.0420. The third kappa shape index (κ3) is 2.51. The van der Waals surface area contributed by atoms with Gasteiger partial charge in [-0.25, -0.2) is 0 Å². The summed E-state index contributed by atoms with van der Waals surface area (Å²) in [5.74, 6) is -0.530. The predicted octanol–water partition coefficient (Wildman–Crippen LogP) is 0.475. The molecule has 20 heavy (non-hydrogen) atoms. The van der Waals surface area contributed by atoms with Crippen molar-refractivity contribution < 1.29 is 9.72 Å². The highest BCUT2D eigenvalue weighted by molar-refractivity contribution is 5.96. The lowest BCUT2D eigenvalue weighted by atomic mass is 10.3. The molecule has 2 heterocycles. The van der Waals surface area contributed by atoms with E-state index in [1.54, 1.807) is 30.9 Å². The number of aromatic nitrogens is 4. The summed E-state index contributed by atoms with van der Waals surface area (Å²) >= 11 is 0. The van der Waals surface area contributed by atoms with E-state index in [0.717, 1.165) is 11.9 Å². The molecule has 0 aliphatic rings. The van der Waals surface area contributed by atoms with Gasteiger partial charge in [-0.05, 0) is 13.0 Å². The van der Waals surface area contributed by atoms with E-state index in [-0.39, 0.29) is 17.9 Å². The van der Waals surface area contributed by atoms with Gasteiger partial charge in [-0.1, -0.05) is 0 Å². The second-order valence-electron chi connectivity index (χ2n) is 4.08. The highest BCUT2D eigenvalue weighted by Crippen LogP contribution is 2.17. The maximum atomic E-state index is 12.1. The molecule has 0 fully saturated rings. The van der Waals surface area contributed by atoms with Gasteiger partial charge in [0.1, 0.15) is 6.20 Å². The van der Waals surface area contributed by atoms with E-state index in [2.05, 4.69) is 15.5 Å². The first-order valence-electron chi connectivity index (χ1n) is 5.99. The average Bonchev–Trinajstić information content (AvgIpc) is 3.01. The molecule has 2 aromatic heterocycles. The van der Waals surface area contributed by atoms with Gasteiger partial charge in [0.2, 0.25) is 5.69 Å². The number of nitrogens with zero attached hydrogens (tertiary/aromatic N) is 5. The summed E-state index contributed by atoms with van der Waals surface area (Å²) in [5.41, 5.74) is 0.456. The standard InChI is InChI=1S/C11H14N6O3/c1-3-16-10(9(7-14-16)17(19)20)11(18)12-6-8-4-5-13-15(8)2/h4-5,7H,3,6H2,1-2H3,(H,12,18). The van der Waals surface area contributed by atoms with Crippen molar-refractivity contribution in [2.24, 2.45) is 7.05 Å². The highest BCUT2D eigenvalue weighted by Gasteiger charge is 2.26. The lowest BCUT2D eigenvalue weighted by molar-refractivity contribution is -0.385. The summed E-state index contributed by atoms with van der Waals surface area (Å²) in [6, 6.07) is 1.76. The van der Waals surface area contributed by atoms with Crippen LogP contribution in [0, 0.1) is 10.1 Å². The second kappa shape index (κ2) is 5.51. The minimum atomic E-state index is -0.613. The van der Waals surface area contributed by atoms with Gasteiger partial charge in [-0.3, -0.25) is 24.3 Å². The van der Waals surface area contributed by atoms with E-state index >= 15 is 0 Å². The molecule has 0 saturated carbocycles. The van der Waals surface area contributed by atoms with Crippen LogP contribution in [0.2, 0.25) is 0 Å². The van der Waals surface area contributed by atoms with Crippen LogP contribution in [0.4, 0.5) is 5.69 Å². The van der Waals surface area contributed by atoms with Crippen molar-refractivity contribution >= 4 is 11.6 Å². The number of nitro groups is 1. The third-order valence-electron chi connectivity index (χ3n) is 2.88. The molecule has 2 aromatic rings. The van der Waals surface area contributed by atoms with Crippen molar-refractivity contribution in [1.29, 1.82) is 0 Å². The summed E-state index contributed by atoms with van der Waals surface area (Å²) in [6.07, 6.45) is 2.70. The number of rotatable bonds is 5. The van der Waals surface area contributed by atoms with Crippen LogP contribution in [-0.4, -0.2) is 30.4 Å². The molecule has 0 atom stereocenters. The van der Waals surface area contributed by atoms with Gasteiger partial charge in [-0.2, -0.15) is 10.2 Å². The van der Waals surface area contributed by atoms with E-state index in [4.69, 9.17) is 0 Å². The molecule has 0 unspecified atom stereocenters. The Hall–Kier alpha value is -2.71. The van der Waals surface area contributed by atoms with Crippen LogP contribution < -0.4 is 5.32 Å². The first kappa shape index (κ1) is 13.7. The van der Waals surface area contributed by atoms with Gasteiger partial charge < -0.3 is 5.32 Å². The quantitative estimate of drug-likeness (QED) is 0.632.